The minimum absolute atomic E-state index is 0.219. The summed E-state index contributed by atoms with van der Waals surface area (Å²) in [5.41, 5.74) is 4.01. The van der Waals surface area contributed by atoms with Crippen LogP contribution in [0.2, 0.25) is 0 Å². The van der Waals surface area contributed by atoms with E-state index < -0.39 is 0 Å². The van der Waals surface area contributed by atoms with E-state index in [1.165, 1.54) is 12.1 Å². The Hall–Kier alpha value is -0.780. The standard InChI is InChI=1S/C12H12BrFN2S/c13-12-5-10(14)2-1-9(12)6-15-4-3-11-7-17-8-16-11/h1-2,5,7-8,15H,3-4,6H2. The largest absolute Gasteiger partial charge is 0.312 e. The molecule has 0 atom stereocenters. The summed E-state index contributed by atoms with van der Waals surface area (Å²) in [7, 11) is 0. The molecule has 0 fully saturated rings. The molecule has 0 spiro atoms. The van der Waals surface area contributed by atoms with Crippen molar-refractivity contribution in [2.45, 2.75) is 13.0 Å². The number of benzene rings is 1. The molecule has 5 heteroatoms. The highest BCUT2D eigenvalue weighted by molar-refractivity contribution is 9.10. The van der Waals surface area contributed by atoms with Gasteiger partial charge in [-0.3, -0.25) is 0 Å². The van der Waals surface area contributed by atoms with Gasteiger partial charge in [0.1, 0.15) is 5.82 Å². The second-order valence-electron chi connectivity index (χ2n) is 3.64. The number of hydrogen-bond donors (Lipinski definition) is 1. The van der Waals surface area contributed by atoms with Gasteiger partial charge in [-0.15, -0.1) is 11.3 Å². The third-order valence-corrected chi connectivity index (χ3v) is 3.75. The number of thiazole rings is 1. The molecule has 2 rings (SSSR count). The van der Waals surface area contributed by atoms with Crippen molar-refractivity contribution < 1.29 is 4.39 Å². The fourth-order valence-corrected chi connectivity index (χ4v) is 2.55. The number of rotatable bonds is 5. The molecule has 0 saturated heterocycles. The van der Waals surface area contributed by atoms with Crippen LogP contribution in [-0.2, 0) is 13.0 Å². The summed E-state index contributed by atoms with van der Waals surface area (Å²) in [6, 6.07) is 4.74. The number of hydrogen-bond acceptors (Lipinski definition) is 3. The number of nitrogens with one attached hydrogen (secondary N) is 1. The average molecular weight is 315 g/mol. The lowest BCUT2D eigenvalue weighted by Crippen LogP contribution is -2.17. The van der Waals surface area contributed by atoms with E-state index in [2.05, 4.69) is 31.6 Å². The van der Waals surface area contributed by atoms with Crippen LogP contribution in [0.5, 0.6) is 0 Å². The van der Waals surface area contributed by atoms with E-state index in [1.54, 1.807) is 17.4 Å². The van der Waals surface area contributed by atoms with Gasteiger partial charge in [0.2, 0.25) is 0 Å². The maximum atomic E-state index is 12.9. The molecule has 0 amide bonds. The normalized spacial score (nSPS) is 10.7. The van der Waals surface area contributed by atoms with Gasteiger partial charge in [0.25, 0.3) is 0 Å². The Kier molecular flexibility index (Phi) is 4.65. The molecule has 2 nitrogen and oxygen atoms in total. The maximum Gasteiger partial charge on any atom is 0.124 e. The van der Waals surface area contributed by atoms with Gasteiger partial charge < -0.3 is 5.32 Å². The van der Waals surface area contributed by atoms with Crippen molar-refractivity contribution in [1.82, 2.24) is 10.3 Å². The van der Waals surface area contributed by atoms with Crippen LogP contribution in [-0.4, -0.2) is 11.5 Å². The van der Waals surface area contributed by atoms with Gasteiger partial charge >= 0.3 is 0 Å². The highest BCUT2D eigenvalue weighted by atomic mass is 79.9. The lowest BCUT2D eigenvalue weighted by Gasteiger charge is -2.06. The Bertz CT molecular complexity index is 473. The number of halogens is 2. The molecule has 0 aliphatic carbocycles. The monoisotopic (exact) mass is 314 g/mol. The van der Waals surface area contributed by atoms with E-state index in [0.717, 1.165) is 35.2 Å². The minimum atomic E-state index is -0.219. The van der Waals surface area contributed by atoms with E-state index in [1.807, 2.05) is 5.51 Å². The Labute approximate surface area is 112 Å². The van der Waals surface area contributed by atoms with Gasteiger partial charge in [0.05, 0.1) is 11.2 Å². The summed E-state index contributed by atoms with van der Waals surface area (Å²) >= 11 is 4.96. The van der Waals surface area contributed by atoms with E-state index >= 15 is 0 Å². The van der Waals surface area contributed by atoms with Gasteiger partial charge in [-0.05, 0) is 17.7 Å². The van der Waals surface area contributed by atoms with Gasteiger partial charge in [-0.1, -0.05) is 22.0 Å². The van der Waals surface area contributed by atoms with E-state index in [0.29, 0.717) is 0 Å². The zero-order valence-electron chi connectivity index (χ0n) is 9.12. The van der Waals surface area contributed by atoms with Crippen LogP contribution in [0.1, 0.15) is 11.3 Å². The fraction of sp³-hybridized carbons (Fsp3) is 0.250. The highest BCUT2D eigenvalue weighted by Gasteiger charge is 2.01. The summed E-state index contributed by atoms with van der Waals surface area (Å²) < 4.78 is 13.7. The Morgan fingerprint density at radius 1 is 1.41 bits per heavy atom. The summed E-state index contributed by atoms with van der Waals surface area (Å²) in [6.45, 7) is 1.60. The van der Waals surface area contributed by atoms with E-state index in [4.69, 9.17) is 0 Å². The van der Waals surface area contributed by atoms with Crippen molar-refractivity contribution >= 4 is 27.3 Å². The predicted octanol–water partition coefficient (Wildman–Crippen LogP) is 3.38. The van der Waals surface area contributed by atoms with Gasteiger partial charge in [-0.2, -0.15) is 0 Å². The molecule has 90 valence electrons. The molecule has 1 aromatic heterocycles. The quantitative estimate of drug-likeness (QED) is 0.856. The SMILES string of the molecule is Fc1ccc(CNCCc2cscn2)c(Br)c1. The fourth-order valence-electron chi connectivity index (χ4n) is 1.47. The van der Waals surface area contributed by atoms with Crippen molar-refractivity contribution in [2.24, 2.45) is 0 Å². The molecule has 1 N–H and O–H groups in total. The van der Waals surface area contributed by atoms with Crippen LogP contribution < -0.4 is 5.32 Å². The molecule has 0 bridgehead atoms. The lowest BCUT2D eigenvalue weighted by atomic mass is 10.2. The number of aromatic nitrogens is 1. The van der Waals surface area contributed by atoms with E-state index in [9.17, 15) is 4.39 Å². The molecule has 0 aliphatic rings. The average Bonchev–Trinajstić information content (AvgIpc) is 2.79. The molecular formula is C12H12BrFN2S. The van der Waals surface area contributed by atoms with Crippen LogP contribution in [0.4, 0.5) is 4.39 Å². The van der Waals surface area contributed by atoms with Crippen molar-refractivity contribution in [2.75, 3.05) is 6.54 Å². The first-order valence-corrected chi connectivity index (χ1v) is 7.01. The highest BCUT2D eigenvalue weighted by Crippen LogP contribution is 2.17. The Balaban J connectivity index is 1.78. The van der Waals surface area contributed by atoms with Crippen LogP contribution in [0.3, 0.4) is 0 Å². The molecule has 2 aromatic rings. The minimum Gasteiger partial charge on any atom is -0.312 e. The summed E-state index contributed by atoms with van der Waals surface area (Å²) in [5.74, 6) is -0.219. The maximum absolute atomic E-state index is 12.9. The Morgan fingerprint density at radius 2 is 2.29 bits per heavy atom. The first kappa shape index (κ1) is 12.7. The van der Waals surface area contributed by atoms with Gasteiger partial charge in [0.15, 0.2) is 0 Å². The first-order valence-electron chi connectivity index (χ1n) is 5.27. The van der Waals surface area contributed by atoms with Crippen molar-refractivity contribution in [3.63, 3.8) is 0 Å². The van der Waals surface area contributed by atoms with E-state index in [-0.39, 0.29) is 5.82 Å². The topological polar surface area (TPSA) is 24.9 Å². The summed E-state index contributed by atoms with van der Waals surface area (Å²) in [6.07, 6.45) is 0.919. The molecule has 0 unspecified atom stereocenters. The van der Waals surface area contributed by atoms with Crippen molar-refractivity contribution in [3.05, 3.63) is 50.6 Å². The zero-order valence-corrected chi connectivity index (χ0v) is 11.5. The van der Waals surface area contributed by atoms with Crippen molar-refractivity contribution in [1.29, 1.82) is 0 Å². The smallest absolute Gasteiger partial charge is 0.124 e. The zero-order chi connectivity index (χ0) is 12.1. The molecule has 0 aliphatic heterocycles. The van der Waals surface area contributed by atoms with Crippen LogP contribution in [0.15, 0.2) is 33.6 Å². The molecular weight excluding hydrogens is 303 g/mol. The summed E-state index contributed by atoms with van der Waals surface area (Å²) in [5, 5.41) is 5.36. The van der Waals surface area contributed by atoms with Crippen LogP contribution >= 0.6 is 27.3 Å². The first-order chi connectivity index (χ1) is 8.25. The molecule has 0 saturated carbocycles. The summed E-state index contributed by atoms with van der Waals surface area (Å²) in [4.78, 5) is 4.21. The third-order valence-electron chi connectivity index (χ3n) is 2.37. The second kappa shape index (κ2) is 6.23. The van der Waals surface area contributed by atoms with Crippen molar-refractivity contribution in [3.8, 4) is 0 Å². The Morgan fingerprint density at radius 3 is 3.00 bits per heavy atom. The van der Waals surface area contributed by atoms with Gasteiger partial charge in [0, 0.05) is 29.4 Å². The molecule has 1 aromatic carbocycles. The predicted molar refractivity (Wildman–Crippen MR) is 71.6 cm³/mol. The molecule has 1 heterocycles. The lowest BCUT2D eigenvalue weighted by molar-refractivity contribution is 0.623. The third kappa shape index (κ3) is 3.87. The molecule has 17 heavy (non-hydrogen) atoms. The van der Waals surface area contributed by atoms with Gasteiger partial charge in [-0.25, -0.2) is 9.37 Å². The second-order valence-corrected chi connectivity index (χ2v) is 5.22. The van der Waals surface area contributed by atoms with Crippen LogP contribution in [0, 0.1) is 5.82 Å². The number of nitrogens with zero attached hydrogens (tertiary/aromatic N) is 1. The molecule has 0 radical (unpaired) electrons. The van der Waals surface area contributed by atoms with Crippen LogP contribution in [0.25, 0.3) is 0 Å².